The van der Waals surface area contributed by atoms with E-state index in [4.69, 9.17) is 4.74 Å². The summed E-state index contributed by atoms with van der Waals surface area (Å²) in [6, 6.07) is 0. The molecule has 0 aromatic rings. The number of carbonyl (C=O) groups is 1. The van der Waals surface area contributed by atoms with Gasteiger partial charge in [-0.3, -0.25) is 0 Å². The molecule has 0 aliphatic heterocycles. The van der Waals surface area contributed by atoms with Crippen LogP contribution in [0.15, 0.2) is 11.8 Å². The average Bonchev–Trinajstić information content (AvgIpc) is 1.88. The molecule has 0 aromatic heterocycles. The summed E-state index contributed by atoms with van der Waals surface area (Å²) in [7, 11) is 1.33. The molecule has 0 rings (SSSR count). The molecule has 0 amide bonds. The van der Waals surface area contributed by atoms with E-state index in [1.165, 1.54) is 13.2 Å². The van der Waals surface area contributed by atoms with Gasteiger partial charge in [0.1, 0.15) is 5.76 Å². The average molecular weight is 144 g/mol. The molecule has 0 saturated carbocycles. The molecule has 0 fully saturated rings. The third kappa shape index (κ3) is 3.95. The fourth-order valence-corrected chi connectivity index (χ4v) is 0.494. The molecular formula is C7H12O3. The maximum absolute atomic E-state index is 10.5. The van der Waals surface area contributed by atoms with Gasteiger partial charge in [-0.25, -0.2) is 4.79 Å². The normalized spacial score (nSPS) is 10.9. The topological polar surface area (TPSA) is 35.5 Å². The number of rotatable bonds is 3. The Kier molecular flexibility index (Phi) is 4.37. The summed E-state index contributed by atoms with van der Waals surface area (Å²) in [6.07, 6.45) is 1.31. The number of carbonyl (C=O) groups excluding carboxylic acids is 1. The Morgan fingerprint density at radius 2 is 2.20 bits per heavy atom. The zero-order chi connectivity index (χ0) is 7.98. The Morgan fingerprint density at radius 3 is 2.60 bits per heavy atom. The van der Waals surface area contributed by atoms with Crippen molar-refractivity contribution >= 4 is 5.97 Å². The van der Waals surface area contributed by atoms with Crippen LogP contribution in [-0.4, -0.2) is 19.7 Å². The molecule has 0 N–H and O–H groups in total. The van der Waals surface area contributed by atoms with Gasteiger partial charge in [-0.1, -0.05) is 0 Å². The Hall–Kier alpha value is -0.990. The second-order valence-electron chi connectivity index (χ2n) is 1.71. The van der Waals surface area contributed by atoms with E-state index in [9.17, 15) is 4.79 Å². The number of hydrogen-bond acceptors (Lipinski definition) is 3. The molecule has 0 bridgehead atoms. The standard InChI is InChI=1S/C7H12O3/c1-4-10-6(2)5-7(8)9-3/h5H,4H2,1-3H3. The van der Waals surface area contributed by atoms with Crippen LogP contribution >= 0.6 is 0 Å². The van der Waals surface area contributed by atoms with Crippen LogP contribution in [0.3, 0.4) is 0 Å². The first-order valence-electron chi connectivity index (χ1n) is 3.09. The Bertz CT molecular complexity index is 138. The zero-order valence-electron chi connectivity index (χ0n) is 6.51. The third-order valence-corrected chi connectivity index (χ3v) is 0.894. The van der Waals surface area contributed by atoms with E-state index in [2.05, 4.69) is 4.74 Å². The van der Waals surface area contributed by atoms with Crippen molar-refractivity contribution in [2.45, 2.75) is 13.8 Å². The molecule has 0 spiro atoms. The van der Waals surface area contributed by atoms with E-state index in [0.29, 0.717) is 12.4 Å². The van der Waals surface area contributed by atoms with Crippen LogP contribution in [0.25, 0.3) is 0 Å². The second-order valence-corrected chi connectivity index (χ2v) is 1.71. The molecule has 0 unspecified atom stereocenters. The third-order valence-electron chi connectivity index (χ3n) is 0.894. The number of hydrogen-bond donors (Lipinski definition) is 0. The van der Waals surface area contributed by atoms with E-state index in [0.717, 1.165) is 0 Å². The van der Waals surface area contributed by atoms with Crippen molar-refractivity contribution in [3.8, 4) is 0 Å². The number of allylic oxidation sites excluding steroid dienone is 1. The van der Waals surface area contributed by atoms with E-state index in [-0.39, 0.29) is 5.97 Å². The van der Waals surface area contributed by atoms with Crippen molar-refractivity contribution in [3.05, 3.63) is 11.8 Å². The van der Waals surface area contributed by atoms with E-state index < -0.39 is 0 Å². The lowest BCUT2D eigenvalue weighted by Gasteiger charge is -2.00. The van der Waals surface area contributed by atoms with Crippen LogP contribution in [0.5, 0.6) is 0 Å². The van der Waals surface area contributed by atoms with Crippen molar-refractivity contribution in [2.24, 2.45) is 0 Å². The highest BCUT2D eigenvalue weighted by molar-refractivity contribution is 5.82. The molecule has 58 valence electrons. The monoisotopic (exact) mass is 144 g/mol. The number of esters is 1. The summed E-state index contributed by atoms with van der Waals surface area (Å²) in [5.41, 5.74) is 0. The van der Waals surface area contributed by atoms with Crippen molar-refractivity contribution in [1.82, 2.24) is 0 Å². The highest BCUT2D eigenvalue weighted by atomic mass is 16.5. The maximum atomic E-state index is 10.5. The van der Waals surface area contributed by atoms with Gasteiger partial charge in [0.2, 0.25) is 0 Å². The van der Waals surface area contributed by atoms with Crippen LogP contribution in [0.4, 0.5) is 0 Å². The van der Waals surface area contributed by atoms with Gasteiger partial charge in [0.25, 0.3) is 0 Å². The Labute approximate surface area is 60.6 Å². The van der Waals surface area contributed by atoms with Crippen LogP contribution < -0.4 is 0 Å². The molecular weight excluding hydrogens is 132 g/mol. The highest BCUT2D eigenvalue weighted by Crippen LogP contribution is 1.94. The van der Waals surface area contributed by atoms with Crippen LogP contribution in [0.1, 0.15) is 13.8 Å². The molecule has 0 heterocycles. The molecule has 0 aliphatic carbocycles. The Balaban J connectivity index is 3.77. The lowest BCUT2D eigenvalue weighted by Crippen LogP contribution is -1.97. The highest BCUT2D eigenvalue weighted by Gasteiger charge is 1.94. The van der Waals surface area contributed by atoms with E-state index >= 15 is 0 Å². The summed E-state index contributed by atoms with van der Waals surface area (Å²) >= 11 is 0. The summed E-state index contributed by atoms with van der Waals surface area (Å²) in [5, 5.41) is 0. The summed E-state index contributed by atoms with van der Waals surface area (Å²) in [6.45, 7) is 4.13. The minimum Gasteiger partial charge on any atom is -0.498 e. The molecule has 3 nitrogen and oxygen atoms in total. The van der Waals surface area contributed by atoms with Gasteiger partial charge in [-0.2, -0.15) is 0 Å². The first kappa shape index (κ1) is 9.01. The van der Waals surface area contributed by atoms with Gasteiger partial charge in [0.15, 0.2) is 0 Å². The SMILES string of the molecule is CCOC(C)=CC(=O)OC. The largest absolute Gasteiger partial charge is 0.498 e. The predicted molar refractivity (Wildman–Crippen MR) is 37.4 cm³/mol. The van der Waals surface area contributed by atoms with Gasteiger partial charge in [0, 0.05) is 0 Å². The van der Waals surface area contributed by atoms with Crippen molar-refractivity contribution in [1.29, 1.82) is 0 Å². The van der Waals surface area contributed by atoms with Crippen LogP contribution in [-0.2, 0) is 14.3 Å². The minimum absolute atomic E-state index is 0.383. The molecule has 0 aliphatic rings. The maximum Gasteiger partial charge on any atom is 0.333 e. The van der Waals surface area contributed by atoms with Gasteiger partial charge in [-0.05, 0) is 13.8 Å². The molecule has 0 atom stereocenters. The molecule has 0 aromatic carbocycles. The quantitative estimate of drug-likeness (QED) is 0.338. The van der Waals surface area contributed by atoms with Crippen LogP contribution in [0.2, 0.25) is 0 Å². The van der Waals surface area contributed by atoms with Gasteiger partial charge in [-0.15, -0.1) is 0 Å². The summed E-state index contributed by atoms with van der Waals surface area (Å²) in [5.74, 6) is 0.195. The predicted octanol–water partition coefficient (Wildman–Crippen LogP) is 1.10. The van der Waals surface area contributed by atoms with Crippen LogP contribution in [0, 0.1) is 0 Å². The lowest BCUT2D eigenvalue weighted by atomic mass is 10.5. The van der Waals surface area contributed by atoms with Gasteiger partial charge >= 0.3 is 5.97 Å². The van der Waals surface area contributed by atoms with Gasteiger partial charge in [0.05, 0.1) is 19.8 Å². The van der Waals surface area contributed by atoms with E-state index in [1.54, 1.807) is 6.92 Å². The fourth-order valence-electron chi connectivity index (χ4n) is 0.494. The van der Waals surface area contributed by atoms with Gasteiger partial charge < -0.3 is 9.47 Å². The smallest absolute Gasteiger partial charge is 0.333 e. The number of methoxy groups -OCH3 is 1. The molecule has 3 heteroatoms. The molecule has 0 radical (unpaired) electrons. The molecule has 0 saturated heterocycles. The summed E-state index contributed by atoms with van der Waals surface area (Å²) < 4.78 is 9.35. The first-order valence-corrected chi connectivity index (χ1v) is 3.09. The lowest BCUT2D eigenvalue weighted by molar-refractivity contribution is -0.135. The van der Waals surface area contributed by atoms with Crippen molar-refractivity contribution in [2.75, 3.05) is 13.7 Å². The van der Waals surface area contributed by atoms with Crippen molar-refractivity contribution in [3.63, 3.8) is 0 Å². The van der Waals surface area contributed by atoms with E-state index in [1.807, 2.05) is 6.92 Å². The fraction of sp³-hybridized carbons (Fsp3) is 0.571. The Morgan fingerprint density at radius 1 is 1.60 bits per heavy atom. The second kappa shape index (κ2) is 4.85. The van der Waals surface area contributed by atoms with Crippen molar-refractivity contribution < 1.29 is 14.3 Å². The summed E-state index contributed by atoms with van der Waals surface area (Å²) in [4.78, 5) is 10.5. The zero-order valence-corrected chi connectivity index (χ0v) is 6.51. The number of ether oxygens (including phenoxy) is 2. The first-order chi connectivity index (χ1) is 4.70. The molecule has 10 heavy (non-hydrogen) atoms. The minimum atomic E-state index is -0.383.